The van der Waals surface area contributed by atoms with E-state index in [2.05, 4.69) is 85.0 Å². The molecule has 0 aliphatic heterocycles. The van der Waals surface area contributed by atoms with Crippen molar-refractivity contribution in [3.8, 4) is 11.3 Å². The van der Waals surface area contributed by atoms with Crippen LogP contribution in [0.25, 0.3) is 11.3 Å². The largest absolute Gasteiger partial charge is 0.256 e. The van der Waals surface area contributed by atoms with Crippen molar-refractivity contribution in [3.05, 3.63) is 53.2 Å². The molecule has 0 spiro atoms. The number of pyridine rings is 1. The van der Waals surface area contributed by atoms with E-state index in [0.717, 1.165) is 18.5 Å². The number of aryl methyl sites for hydroxylation is 1. The van der Waals surface area contributed by atoms with Crippen LogP contribution in [0, 0.1) is 17.8 Å². The van der Waals surface area contributed by atoms with E-state index in [1.54, 1.807) is 0 Å². The molecule has 1 nitrogen and oxygen atoms in total. The summed E-state index contributed by atoms with van der Waals surface area (Å²) in [6.45, 7) is 16.0. The predicted molar refractivity (Wildman–Crippen MR) is 101 cm³/mol. The fourth-order valence-electron chi connectivity index (χ4n) is 3.00. The Morgan fingerprint density at radius 1 is 0.826 bits per heavy atom. The maximum absolute atomic E-state index is 4.78. The number of hydrogen-bond acceptors (Lipinski definition) is 1. The summed E-state index contributed by atoms with van der Waals surface area (Å²) in [6, 6.07) is 10.8. The van der Waals surface area contributed by atoms with Crippen LogP contribution in [0.2, 0.25) is 0 Å². The molecule has 0 radical (unpaired) electrons. The highest BCUT2D eigenvalue weighted by Gasteiger charge is 2.19. The second-order valence-electron chi connectivity index (χ2n) is 9.13. The van der Waals surface area contributed by atoms with E-state index in [9.17, 15) is 0 Å². The first-order chi connectivity index (χ1) is 10.6. The number of rotatable bonds is 3. The van der Waals surface area contributed by atoms with E-state index in [4.69, 9.17) is 4.98 Å². The molecule has 1 heteroatoms. The Labute approximate surface area is 142 Å². The Kier molecular flexibility index (Phi) is 4.98. The summed E-state index contributed by atoms with van der Waals surface area (Å²) in [5, 5.41) is 0. The first-order valence-corrected chi connectivity index (χ1v) is 8.59. The van der Waals surface area contributed by atoms with Crippen LogP contribution in [0.5, 0.6) is 0 Å². The minimum absolute atomic E-state index is 0.275. The van der Waals surface area contributed by atoms with Gasteiger partial charge in [-0.3, -0.25) is 4.98 Å². The average Bonchev–Trinajstić information content (AvgIpc) is 2.38. The zero-order valence-corrected chi connectivity index (χ0v) is 15.8. The van der Waals surface area contributed by atoms with Gasteiger partial charge in [0.05, 0.1) is 5.69 Å². The molecule has 0 saturated heterocycles. The van der Waals surface area contributed by atoms with Crippen molar-refractivity contribution >= 4 is 0 Å². The fraction of sp³-hybridized carbons (Fsp3) is 0.500. The maximum Gasteiger partial charge on any atom is 0.0707 e. The minimum atomic E-state index is 0.275. The van der Waals surface area contributed by atoms with E-state index in [-0.39, 0.29) is 10.8 Å². The molecule has 124 valence electrons. The van der Waals surface area contributed by atoms with Gasteiger partial charge in [-0.1, -0.05) is 65.8 Å². The molecule has 1 aromatic carbocycles. The highest BCUT2D eigenvalue weighted by molar-refractivity contribution is 5.64. The SMILES string of the molecule is Cc1ccccc1-c1cc(CC(C)(C)C)c(CC(C)(C)C)cn1. The molecule has 0 saturated carbocycles. The topological polar surface area (TPSA) is 12.9 Å². The quantitative estimate of drug-likeness (QED) is 0.654. The minimum Gasteiger partial charge on any atom is -0.256 e. The van der Waals surface area contributed by atoms with Crippen molar-refractivity contribution in [2.45, 2.75) is 61.3 Å². The van der Waals surface area contributed by atoms with Crippen LogP contribution in [-0.2, 0) is 12.8 Å². The van der Waals surface area contributed by atoms with E-state index >= 15 is 0 Å². The van der Waals surface area contributed by atoms with Crippen molar-refractivity contribution in [1.82, 2.24) is 4.98 Å². The Balaban J connectivity index is 2.49. The van der Waals surface area contributed by atoms with Crippen molar-refractivity contribution in [3.63, 3.8) is 0 Å². The second kappa shape index (κ2) is 6.47. The van der Waals surface area contributed by atoms with Gasteiger partial charge in [0.15, 0.2) is 0 Å². The molecule has 0 bridgehead atoms. The molecule has 0 aliphatic carbocycles. The Morgan fingerprint density at radius 3 is 1.96 bits per heavy atom. The zero-order valence-electron chi connectivity index (χ0n) is 15.8. The molecular weight excluding hydrogens is 278 g/mol. The number of aromatic nitrogens is 1. The van der Waals surface area contributed by atoms with Gasteiger partial charge < -0.3 is 0 Å². The van der Waals surface area contributed by atoms with E-state index in [1.165, 1.54) is 22.3 Å². The summed E-state index contributed by atoms with van der Waals surface area (Å²) >= 11 is 0. The molecule has 0 fully saturated rings. The van der Waals surface area contributed by atoms with Crippen molar-refractivity contribution in [2.75, 3.05) is 0 Å². The number of hydrogen-bond donors (Lipinski definition) is 0. The third kappa shape index (κ3) is 5.20. The molecule has 0 N–H and O–H groups in total. The van der Waals surface area contributed by atoms with E-state index < -0.39 is 0 Å². The van der Waals surface area contributed by atoms with Crippen LogP contribution in [0.1, 0.15) is 58.2 Å². The average molecular weight is 309 g/mol. The van der Waals surface area contributed by atoms with Gasteiger partial charge in [-0.25, -0.2) is 0 Å². The molecule has 0 aliphatic rings. The summed E-state index contributed by atoms with van der Waals surface area (Å²) < 4.78 is 0. The van der Waals surface area contributed by atoms with Crippen LogP contribution >= 0.6 is 0 Å². The van der Waals surface area contributed by atoms with Crippen molar-refractivity contribution < 1.29 is 0 Å². The van der Waals surface area contributed by atoms with Crippen LogP contribution in [0.4, 0.5) is 0 Å². The number of nitrogens with zero attached hydrogens (tertiary/aromatic N) is 1. The van der Waals surface area contributed by atoms with Crippen molar-refractivity contribution in [1.29, 1.82) is 0 Å². The lowest BCUT2D eigenvalue weighted by molar-refractivity contribution is 0.392. The van der Waals surface area contributed by atoms with Gasteiger partial charge in [0.2, 0.25) is 0 Å². The first kappa shape index (κ1) is 17.7. The monoisotopic (exact) mass is 309 g/mol. The van der Waals surface area contributed by atoms with Gasteiger partial charge in [0.1, 0.15) is 0 Å². The summed E-state index contributed by atoms with van der Waals surface area (Å²) in [5.74, 6) is 0. The fourth-order valence-corrected chi connectivity index (χ4v) is 3.00. The molecule has 0 unspecified atom stereocenters. The summed E-state index contributed by atoms with van der Waals surface area (Å²) in [7, 11) is 0. The third-order valence-electron chi connectivity index (χ3n) is 3.95. The molecule has 0 amide bonds. The van der Waals surface area contributed by atoms with Gasteiger partial charge in [-0.2, -0.15) is 0 Å². The summed E-state index contributed by atoms with van der Waals surface area (Å²) in [6.07, 6.45) is 4.26. The van der Waals surface area contributed by atoms with Gasteiger partial charge in [-0.05, 0) is 53.4 Å². The van der Waals surface area contributed by atoms with Crippen LogP contribution < -0.4 is 0 Å². The Hall–Kier alpha value is -1.63. The van der Waals surface area contributed by atoms with Gasteiger partial charge in [0, 0.05) is 11.8 Å². The molecule has 23 heavy (non-hydrogen) atoms. The van der Waals surface area contributed by atoms with Gasteiger partial charge in [-0.15, -0.1) is 0 Å². The van der Waals surface area contributed by atoms with Crippen molar-refractivity contribution in [2.24, 2.45) is 10.8 Å². The summed E-state index contributed by atoms with van der Waals surface area (Å²) in [4.78, 5) is 4.78. The molecule has 0 atom stereocenters. The zero-order chi connectivity index (χ0) is 17.3. The van der Waals surface area contributed by atoms with Gasteiger partial charge in [0.25, 0.3) is 0 Å². The molecule has 1 aromatic heterocycles. The third-order valence-corrected chi connectivity index (χ3v) is 3.95. The van der Waals surface area contributed by atoms with Crippen LogP contribution in [0.3, 0.4) is 0 Å². The Morgan fingerprint density at radius 2 is 1.39 bits per heavy atom. The normalized spacial score (nSPS) is 12.5. The molecule has 2 aromatic rings. The van der Waals surface area contributed by atoms with Gasteiger partial charge >= 0.3 is 0 Å². The first-order valence-electron chi connectivity index (χ1n) is 8.59. The summed E-state index contributed by atoms with van der Waals surface area (Å²) in [5.41, 5.74) is 7.01. The lowest BCUT2D eigenvalue weighted by atomic mass is 9.81. The molecule has 1 heterocycles. The predicted octanol–water partition coefficient (Wildman–Crippen LogP) is 6.23. The Bertz CT molecular complexity index is 669. The highest BCUT2D eigenvalue weighted by atomic mass is 14.7. The smallest absolute Gasteiger partial charge is 0.0707 e. The molecular formula is C22H31N. The highest BCUT2D eigenvalue weighted by Crippen LogP contribution is 2.30. The lowest BCUT2D eigenvalue weighted by Gasteiger charge is -2.25. The standard InChI is InChI=1S/C22H31N/c1-16-10-8-9-11-19(16)20-12-17(13-21(2,3)4)18(15-23-20)14-22(5,6)7/h8-12,15H,13-14H2,1-7H3. The second-order valence-corrected chi connectivity index (χ2v) is 9.13. The van der Waals surface area contributed by atoms with E-state index in [1.807, 2.05) is 0 Å². The number of benzene rings is 1. The van der Waals surface area contributed by atoms with Crippen LogP contribution in [0.15, 0.2) is 36.5 Å². The maximum atomic E-state index is 4.78. The van der Waals surface area contributed by atoms with Crippen LogP contribution in [-0.4, -0.2) is 4.98 Å². The molecule has 2 rings (SSSR count). The van der Waals surface area contributed by atoms with E-state index in [0.29, 0.717) is 0 Å². The lowest BCUT2D eigenvalue weighted by Crippen LogP contribution is -2.16.